The Morgan fingerprint density at radius 3 is 2.69 bits per heavy atom. The highest BCUT2D eigenvalue weighted by Gasteiger charge is 1.88. The Kier molecular flexibility index (Phi) is 4.12. The summed E-state index contributed by atoms with van der Waals surface area (Å²) in [5.41, 5.74) is 0.995. The largest absolute Gasteiger partial charge is 0.375 e. The van der Waals surface area contributed by atoms with E-state index in [1.807, 2.05) is 26.0 Å². The van der Waals surface area contributed by atoms with E-state index in [2.05, 4.69) is 9.97 Å². The Morgan fingerprint density at radius 1 is 1.38 bits per heavy atom. The fraction of sp³-hybridized carbons (Fsp3) is 0.400. The minimum atomic E-state index is 0.275. The van der Waals surface area contributed by atoms with Gasteiger partial charge in [-0.2, -0.15) is 0 Å². The van der Waals surface area contributed by atoms with Crippen molar-refractivity contribution in [2.24, 2.45) is 0 Å². The fourth-order valence-corrected chi connectivity index (χ4v) is 0.829. The molecule has 0 fully saturated rings. The van der Waals surface area contributed by atoms with Crippen molar-refractivity contribution >= 4 is 6.08 Å². The molecule has 0 saturated carbocycles. The Balaban J connectivity index is 2.33. The molecule has 0 N–H and O–H groups in total. The first-order valence-corrected chi connectivity index (χ1v) is 4.32. The van der Waals surface area contributed by atoms with Gasteiger partial charge in [0.25, 0.3) is 0 Å². The van der Waals surface area contributed by atoms with Gasteiger partial charge in [-0.3, -0.25) is 0 Å². The lowest BCUT2D eigenvalue weighted by Gasteiger charge is -2.02. The molecule has 70 valence electrons. The van der Waals surface area contributed by atoms with Crippen molar-refractivity contribution in [1.29, 1.82) is 0 Å². The summed E-state index contributed by atoms with van der Waals surface area (Å²) in [7, 11) is 0. The van der Waals surface area contributed by atoms with Crippen molar-refractivity contribution in [3.05, 3.63) is 30.4 Å². The topological polar surface area (TPSA) is 35.0 Å². The van der Waals surface area contributed by atoms with Crippen LogP contribution in [0.15, 0.2) is 24.8 Å². The summed E-state index contributed by atoms with van der Waals surface area (Å²) in [6.45, 7) is 4.66. The lowest BCUT2D eigenvalue weighted by Crippen LogP contribution is -2.01. The van der Waals surface area contributed by atoms with Crippen molar-refractivity contribution in [3.63, 3.8) is 0 Å². The van der Waals surface area contributed by atoms with Crippen molar-refractivity contribution in [2.75, 3.05) is 6.61 Å². The van der Waals surface area contributed by atoms with Crippen molar-refractivity contribution in [2.45, 2.75) is 20.0 Å². The molecule has 1 aromatic rings. The highest BCUT2D eigenvalue weighted by molar-refractivity contribution is 5.45. The van der Waals surface area contributed by atoms with Gasteiger partial charge in [-0.1, -0.05) is 12.2 Å². The third-order valence-corrected chi connectivity index (χ3v) is 1.42. The molecule has 1 aromatic heterocycles. The summed E-state index contributed by atoms with van der Waals surface area (Å²) < 4.78 is 5.34. The number of rotatable bonds is 4. The van der Waals surface area contributed by atoms with Crippen molar-refractivity contribution in [3.8, 4) is 0 Å². The molecule has 0 aliphatic carbocycles. The molecule has 3 nitrogen and oxygen atoms in total. The average molecular weight is 178 g/mol. The van der Waals surface area contributed by atoms with Crippen LogP contribution in [-0.4, -0.2) is 22.7 Å². The third-order valence-electron chi connectivity index (χ3n) is 1.42. The minimum Gasteiger partial charge on any atom is -0.375 e. The summed E-state index contributed by atoms with van der Waals surface area (Å²) in [6, 6.07) is 0. The monoisotopic (exact) mass is 178 g/mol. The normalized spacial score (nSPS) is 11.3. The van der Waals surface area contributed by atoms with Crippen LogP contribution in [0.1, 0.15) is 19.4 Å². The summed E-state index contributed by atoms with van der Waals surface area (Å²) in [5, 5.41) is 0. The second kappa shape index (κ2) is 5.43. The molecule has 0 aromatic carbocycles. The molecular formula is C10H14N2O. The second-order valence-electron chi connectivity index (χ2n) is 2.96. The van der Waals surface area contributed by atoms with E-state index in [9.17, 15) is 0 Å². The summed E-state index contributed by atoms with van der Waals surface area (Å²) in [6.07, 6.45) is 9.22. The van der Waals surface area contributed by atoms with Crippen LogP contribution in [0.25, 0.3) is 6.08 Å². The molecule has 0 radical (unpaired) electrons. The summed E-state index contributed by atoms with van der Waals surface area (Å²) in [5.74, 6) is 0. The van der Waals surface area contributed by atoms with Crippen molar-refractivity contribution < 1.29 is 4.74 Å². The molecular weight excluding hydrogens is 164 g/mol. The second-order valence-corrected chi connectivity index (χ2v) is 2.96. The molecule has 1 heterocycles. The number of hydrogen-bond acceptors (Lipinski definition) is 3. The van der Waals surface area contributed by atoms with E-state index in [4.69, 9.17) is 4.74 Å². The van der Waals surface area contributed by atoms with Crippen LogP contribution >= 0.6 is 0 Å². The summed E-state index contributed by atoms with van der Waals surface area (Å²) >= 11 is 0. The average Bonchev–Trinajstić information content (AvgIpc) is 2.14. The quantitative estimate of drug-likeness (QED) is 0.706. The molecule has 0 saturated heterocycles. The molecule has 13 heavy (non-hydrogen) atoms. The number of hydrogen-bond donors (Lipinski definition) is 0. The molecule has 0 unspecified atom stereocenters. The van der Waals surface area contributed by atoms with Gasteiger partial charge >= 0.3 is 0 Å². The van der Waals surface area contributed by atoms with Gasteiger partial charge in [-0.25, -0.2) is 9.97 Å². The van der Waals surface area contributed by atoms with E-state index in [1.54, 1.807) is 12.4 Å². The van der Waals surface area contributed by atoms with E-state index in [0.717, 1.165) is 5.56 Å². The molecule has 0 atom stereocenters. The molecule has 3 heteroatoms. The van der Waals surface area contributed by atoms with Crippen LogP contribution in [0.4, 0.5) is 0 Å². The maximum absolute atomic E-state index is 5.34. The van der Waals surface area contributed by atoms with Gasteiger partial charge in [-0.15, -0.1) is 0 Å². The molecule has 0 amide bonds. The number of aromatic nitrogens is 2. The number of nitrogens with zero attached hydrogens (tertiary/aromatic N) is 2. The van der Waals surface area contributed by atoms with Gasteiger partial charge in [0.15, 0.2) is 0 Å². The predicted molar refractivity (Wildman–Crippen MR) is 52.2 cm³/mol. The zero-order chi connectivity index (χ0) is 9.52. The Labute approximate surface area is 78.5 Å². The molecule has 0 aliphatic heterocycles. The van der Waals surface area contributed by atoms with Gasteiger partial charge in [-0.05, 0) is 13.8 Å². The first kappa shape index (κ1) is 9.86. The van der Waals surface area contributed by atoms with E-state index < -0.39 is 0 Å². The smallest absolute Gasteiger partial charge is 0.115 e. The SMILES string of the molecule is CC(C)OC/C=C/c1cncnc1. The van der Waals surface area contributed by atoms with E-state index in [0.29, 0.717) is 6.61 Å². The Bertz CT molecular complexity index is 257. The lowest BCUT2D eigenvalue weighted by molar-refractivity contribution is 0.103. The first-order valence-electron chi connectivity index (χ1n) is 4.32. The standard InChI is InChI=1S/C10H14N2O/c1-9(2)13-5-3-4-10-6-11-8-12-7-10/h3-4,6-9H,5H2,1-2H3/b4-3+. The van der Waals surface area contributed by atoms with Gasteiger partial charge in [0.2, 0.25) is 0 Å². The molecule has 0 bridgehead atoms. The van der Waals surface area contributed by atoms with E-state index in [-0.39, 0.29) is 6.10 Å². The lowest BCUT2D eigenvalue weighted by atomic mass is 10.3. The zero-order valence-corrected chi connectivity index (χ0v) is 7.97. The third kappa shape index (κ3) is 4.38. The maximum atomic E-state index is 5.34. The Morgan fingerprint density at radius 2 is 2.08 bits per heavy atom. The van der Waals surface area contributed by atoms with Crippen LogP contribution in [0, 0.1) is 0 Å². The first-order chi connectivity index (χ1) is 6.29. The van der Waals surface area contributed by atoms with E-state index in [1.165, 1.54) is 6.33 Å². The van der Waals surface area contributed by atoms with Gasteiger partial charge in [0.1, 0.15) is 6.33 Å². The number of ether oxygens (including phenoxy) is 1. The van der Waals surface area contributed by atoms with Crippen LogP contribution in [0.5, 0.6) is 0 Å². The van der Waals surface area contributed by atoms with Crippen molar-refractivity contribution in [1.82, 2.24) is 9.97 Å². The zero-order valence-electron chi connectivity index (χ0n) is 7.97. The minimum absolute atomic E-state index is 0.275. The Hall–Kier alpha value is -1.22. The highest BCUT2D eigenvalue weighted by atomic mass is 16.5. The van der Waals surface area contributed by atoms with Crippen LogP contribution in [0.3, 0.4) is 0 Å². The maximum Gasteiger partial charge on any atom is 0.115 e. The molecule has 1 rings (SSSR count). The summed E-state index contributed by atoms with van der Waals surface area (Å²) in [4.78, 5) is 7.79. The predicted octanol–water partition coefficient (Wildman–Crippen LogP) is 1.91. The van der Waals surface area contributed by atoms with Gasteiger partial charge in [0, 0.05) is 18.0 Å². The van der Waals surface area contributed by atoms with Gasteiger partial charge < -0.3 is 4.74 Å². The van der Waals surface area contributed by atoms with Crippen LogP contribution in [-0.2, 0) is 4.74 Å². The highest BCUT2D eigenvalue weighted by Crippen LogP contribution is 1.96. The molecule has 0 aliphatic rings. The van der Waals surface area contributed by atoms with E-state index >= 15 is 0 Å². The molecule has 0 spiro atoms. The van der Waals surface area contributed by atoms with Crippen LogP contribution in [0.2, 0.25) is 0 Å². The van der Waals surface area contributed by atoms with Crippen LogP contribution < -0.4 is 0 Å². The van der Waals surface area contributed by atoms with Gasteiger partial charge in [0.05, 0.1) is 12.7 Å². The fourth-order valence-electron chi connectivity index (χ4n) is 0.829.